The Balaban J connectivity index is 2.92. The summed E-state index contributed by atoms with van der Waals surface area (Å²) in [5.74, 6) is 2.00. The van der Waals surface area contributed by atoms with Crippen LogP contribution in [0.5, 0.6) is 0 Å². The molecule has 2 nitrogen and oxygen atoms in total. The minimum atomic E-state index is -0.657. The first-order valence-electron chi connectivity index (χ1n) is 7.57. The van der Waals surface area contributed by atoms with Gasteiger partial charge in [-0.15, -0.1) is 0 Å². The Morgan fingerprint density at radius 3 is 1.83 bits per heavy atom. The van der Waals surface area contributed by atoms with Gasteiger partial charge in [0.25, 0.3) is 0 Å². The van der Waals surface area contributed by atoms with Crippen molar-refractivity contribution >= 4 is 17.7 Å². The molecule has 0 heterocycles. The molecule has 0 aromatic rings. The molecule has 0 amide bonds. The lowest BCUT2D eigenvalue weighted by molar-refractivity contribution is -0.137. The maximum atomic E-state index is 10.3. The third-order valence-corrected chi connectivity index (χ3v) is 4.30. The van der Waals surface area contributed by atoms with E-state index in [4.69, 9.17) is 5.11 Å². The highest BCUT2D eigenvalue weighted by atomic mass is 32.2. The van der Waals surface area contributed by atoms with Crippen LogP contribution in [0.3, 0.4) is 0 Å². The van der Waals surface area contributed by atoms with E-state index in [1.54, 1.807) is 0 Å². The quantitative estimate of drug-likeness (QED) is 0.447. The number of hydrogen-bond acceptors (Lipinski definition) is 2. The predicted molar refractivity (Wildman–Crippen MR) is 81.4 cm³/mol. The Kier molecular flexibility index (Phi) is 14.7. The van der Waals surface area contributed by atoms with E-state index >= 15 is 0 Å². The van der Waals surface area contributed by atoms with Crippen molar-refractivity contribution < 1.29 is 9.90 Å². The summed E-state index contributed by atoms with van der Waals surface area (Å²) in [4.78, 5) is 10.3. The highest BCUT2D eigenvalue weighted by Crippen LogP contribution is 2.12. The molecular formula is C15H30O2S. The molecule has 0 aliphatic rings. The minimum absolute atomic E-state index is 0.343. The fourth-order valence-corrected chi connectivity index (χ4v) is 2.87. The summed E-state index contributed by atoms with van der Waals surface area (Å²) in [6.45, 7) is 2.24. The zero-order valence-corrected chi connectivity index (χ0v) is 12.8. The number of carboxylic acids is 1. The Morgan fingerprint density at radius 2 is 1.33 bits per heavy atom. The summed E-state index contributed by atoms with van der Waals surface area (Å²) in [5, 5.41) is 8.49. The maximum Gasteiger partial charge on any atom is 0.303 e. The molecule has 18 heavy (non-hydrogen) atoms. The van der Waals surface area contributed by atoms with Crippen LogP contribution < -0.4 is 0 Å². The van der Waals surface area contributed by atoms with Gasteiger partial charge in [-0.2, -0.15) is 11.8 Å². The van der Waals surface area contributed by atoms with Crippen LogP contribution in [0.1, 0.15) is 77.6 Å². The summed E-state index contributed by atoms with van der Waals surface area (Å²) in [7, 11) is 0. The van der Waals surface area contributed by atoms with Crippen molar-refractivity contribution in [2.75, 3.05) is 11.5 Å². The Bertz CT molecular complexity index is 183. The average Bonchev–Trinajstić information content (AvgIpc) is 2.34. The largest absolute Gasteiger partial charge is 0.481 e. The summed E-state index contributed by atoms with van der Waals surface area (Å²) in [6.07, 6.45) is 12.9. The maximum absolute atomic E-state index is 10.3. The van der Waals surface area contributed by atoms with E-state index in [1.807, 2.05) is 0 Å². The number of unbranched alkanes of at least 4 members (excludes halogenated alkanes) is 8. The van der Waals surface area contributed by atoms with Gasteiger partial charge in [-0.1, -0.05) is 51.9 Å². The fourth-order valence-electron chi connectivity index (χ4n) is 1.96. The number of aliphatic carboxylic acids is 1. The second-order valence-electron chi connectivity index (χ2n) is 4.94. The second kappa shape index (κ2) is 14.9. The van der Waals surface area contributed by atoms with Crippen LogP contribution in [0.25, 0.3) is 0 Å². The molecule has 0 unspecified atom stereocenters. The van der Waals surface area contributed by atoms with E-state index in [2.05, 4.69) is 18.7 Å². The molecule has 0 atom stereocenters. The fraction of sp³-hybridized carbons (Fsp3) is 0.933. The third-order valence-electron chi connectivity index (χ3n) is 3.03. The van der Waals surface area contributed by atoms with Crippen molar-refractivity contribution in [2.24, 2.45) is 0 Å². The standard InChI is InChI=1S/C15H30O2S/c1-2-13-18-14-11-9-7-5-3-4-6-8-10-12-15(16)17/h2-14H2,1H3,(H,16,17). The summed E-state index contributed by atoms with van der Waals surface area (Å²) in [5.41, 5.74) is 0. The molecule has 0 radical (unpaired) electrons. The van der Waals surface area contributed by atoms with Gasteiger partial charge in [0.2, 0.25) is 0 Å². The molecule has 0 bridgehead atoms. The molecule has 0 aromatic carbocycles. The van der Waals surface area contributed by atoms with Gasteiger partial charge in [0.05, 0.1) is 0 Å². The molecule has 0 saturated heterocycles. The van der Waals surface area contributed by atoms with Crippen LogP contribution in [-0.4, -0.2) is 22.6 Å². The molecule has 0 aliphatic heterocycles. The molecule has 0 rings (SSSR count). The van der Waals surface area contributed by atoms with Gasteiger partial charge in [-0.25, -0.2) is 0 Å². The Labute approximate surface area is 117 Å². The van der Waals surface area contributed by atoms with Crippen LogP contribution in [0, 0.1) is 0 Å². The summed E-state index contributed by atoms with van der Waals surface area (Å²) >= 11 is 2.08. The van der Waals surface area contributed by atoms with Crippen molar-refractivity contribution in [1.29, 1.82) is 0 Å². The smallest absolute Gasteiger partial charge is 0.303 e. The third kappa shape index (κ3) is 15.8. The van der Waals surface area contributed by atoms with Gasteiger partial charge in [-0.05, 0) is 30.8 Å². The normalized spacial score (nSPS) is 10.7. The van der Waals surface area contributed by atoms with Crippen molar-refractivity contribution in [1.82, 2.24) is 0 Å². The van der Waals surface area contributed by atoms with Gasteiger partial charge in [0.1, 0.15) is 0 Å². The number of thioether (sulfide) groups is 1. The monoisotopic (exact) mass is 274 g/mol. The first kappa shape index (κ1) is 17.8. The SMILES string of the molecule is CCCSCCCCCCCCCCCC(=O)O. The molecule has 0 aliphatic carbocycles. The minimum Gasteiger partial charge on any atom is -0.481 e. The van der Waals surface area contributed by atoms with E-state index in [9.17, 15) is 4.79 Å². The molecule has 0 saturated carbocycles. The van der Waals surface area contributed by atoms with Crippen LogP contribution in [0.4, 0.5) is 0 Å². The van der Waals surface area contributed by atoms with Crippen LogP contribution in [-0.2, 0) is 4.79 Å². The van der Waals surface area contributed by atoms with E-state index in [-0.39, 0.29) is 0 Å². The van der Waals surface area contributed by atoms with Crippen LogP contribution >= 0.6 is 11.8 Å². The molecule has 1 N–H and O–H groups in total. The van der Waals surface area contributed by atoms with Crippen molar-refractivity contribution in [3.8, 4) is 0 Å². The zero-order valence-electron chi connectivity index (χ0n) is 12.0. The second-order valence-corrected chi connectivity index (χ2v) is 6.16. The lowest BCUT2D eigenvalue weighted by Gasteiger charge is -2.02. The summed E-state index contributed by atoms with van der Waals surface area (Å²) < 4.78 is 0. The number of rotatable bonds is 14. The number of carbonyl (C=O) groups is 1. The molecule has 108 valence electrons. The zero-order chi connectivity index (χ0) is 13.5. The highest BCUT2D eigenvalue weighted by Gasteiger charge is 1.96. The average molecular weight is 274 g/mol. The lowest BCUT2D eigenvalue weighted by atomic mass is 10.1. The van der Waals surface area contributed by atoms with Crippen LogP contribution in [0.15, 0.2) is 0 Å². The van der Waals surface area contributed by atoms with Gasteiger partial charge >= 0.3 is 5.97 Å². The van der Waals surface area contributed by atoms with Crippen LogP contribution in [0.2, 0.25) is 0 Å². The number of carboxylic acid groups (broad SMARTS) is 1. The first-order chi connectivity index (χ1) is 8.77. The van der Waals surface area contributed by atoms with Gasteiger partial charge in [-0.3, -0.25) is 4.79 Å². The predicted octanol–water partition coefficient (Wildman–Crippen LogP) is 5.12. The van der Waals surface area contributed by atoms with Gasteiger partial charge in [0.15, 0.2) is 0 Å². The Hall–Kier alpha value is -0.180. The lowest BCUT2D eigenvalue weighted by Crippen LogP contribution is -1.93. The van der Waals surface area contributed by atoms with Crippen molar-refractivity contribution in [3.63, 3.8) is 0 Å². The molecular weight excluding hydrogens is 244 g/mol. The van der Waals surface area contributed by atoms with Crippen molar-refractivity contribution in [2.45, 2.75) is 77.6 Å². The number of hydrogen-bond donors (Lipinski definition) is 1. The van der Waals surface area contributed by atoms with E-state index in [1.165, 1.54) is 62.9 Å². The first-order valence-corrected chi connectivity index (χ1v) is 8.72. The summed E-state index contributed by atoms with van der Waals surface area (Å²) in [6, 6.07) is 0. The topological polar surface area (TPSA) is 37.3 Å². The van der Waals surface area contributed by atoms with E-state index < -0.39 is 5.97 Å². The highest BCUT2D eigenvalue weighted by molar-refractivity contribution is 7.99. The van der Waals surface area contributed by atoms with Gasteiger partial charge < -0.3 is 5.11 Å². The Morgan fingerprint density at radius 1 is 0.833 bits per heavy atom. The molecule has 3 heteroatoms. The van der Waals surface area contributed by atoms with E-state index in [0.717, 1.165) is 12.8 Å². The molecule has 0 spiro atoms. The molecule has 0 fully saturated rings. The van der Waals surface area contributed by atoms with E-state index in [0.29, 0.717) is 6.42 Å². The van der Waals surface area contributed by atoms with Crippen molar-refractivity contribution in [3.05, 3.63) is 0 Å². The van der Waals surface area contributed by atoms with Gasteiger partial charge in [0, 0.05) is 6.42 Å². The molecule has 0 aromatic heterocycles.